The summed E-state index contributed by atoms with van der Waals surface area (Å²) in [5, 5.41) is 17.9. The highest BCUT2D eigenvalue weighted by Crippen LogP contribution is 2.40. The maximum atomic E-state index is 13.3. The summed E-state index contributed by atoms with van der Waals surface area (Å²) in [5.74, 6) is 0.925. The highest BCUT2D eigenvalue weighted by molar-refractivity contribution is 7.34. The Labute approximate surface area is 319 Å². The van der Waals surface area contributed by atoms with Gasteiger partial charge in [-0.1, -0.05) is 47.5 Å². The number of rotatable bonds is 14. The molecule has 0 aliphatic carbocycles. The Balaban J connectivity index is 1.12. The van der Waals surface area contributed by atoms with Gasteiger partial charge in [-0.15, -0.1) is 0 Å². The van der Waals surface area contributed by atoms with E-state index in [1.165, 1.54) is 12.4 Å². The van der Waals surface area contributed by atoms with Crippen molar-refractivity contribution in [1.82, 2.24) is 30.6 Å². The maximum absolute atomic E-state index is 13.3. The van der Waals surface area contributed by atoms with Gasteiger partial charge in [-0.05, 0) is 72.8 Å². The highest BCUT2D eigenvalue weighted by Gasteiger charge is 2.28. The largest absolute Gasteiger partial charge is 0.805 e. The van der Waals surface area contributed by atoms with Crippen LogP contribution >= 0.6 is 31.5 Å². The smallest absolute Gasteiger partial charge is 0.355 e. The van der Waals surface area contributed by atoms with Crippen LogP contribution in [0.2, 0.25) is 10.0 Å². The van der Waals surface area contributed by atoms with Gasteiger partial charge in [0.15, 0.2) is 11.6 Å². The van der Waals surface area contributed by atoms with E-state index < -0.39 is 8.25 Å². The normalized spacial score (nSPS) is 10.4. The predicted octanol–water partition coefficient (Wildman–Crippen LogP) is 8.38. The monoisotopic (exact) mass is 783 g/mol. The third-order valence-corrected chi connectivity index (χ3v) is 8.62. The zero-order chi connectivity index (χ0) is 38.0. The summed E-state index contributed by atoms with van der Waals surface area (Å²) in [4.78, 5) is 41.1. The second-order valence-electron chi connectivity index (χ2n) is 11.0. The lowest BCUT2D eigenvalue weighted by Gasteiger charge is -2.12. The molecule has 6 aromatic rings. The fraction of sp³-hybridized carbons (Fsp3) is 0.0556. The zero-order valence-electron chi connectivity index (χ0n) is 28.4. The lowest BCUT2D eigenvalue weighted by atomic mass is 10.2. The Morgan fingerprint density at radius 3 is 1.35 bits per heavy atom. The molecule has 2 aromatic heterocycles. The van der Waals surface area contributed by atoms with Gasteiger partial charge in [-0.25, -0.2) is 19.0 Å². The van der Waals surface area contributed by atoms with Gasteiger partial charge in [0, 0.05) is 41.2 Å². The van der Waals surface area contributed by atoms with Gasteiger partial charge in [0.05, 0.1) is 23.8 Å². The van der Waals surface area contributed by atoms with Gasteiger partial charge in [0.1, 0.15) is 10.0 Å². The molecule has 272 valence electrons. The van der Waals surface area contributed by atoms with Crippen LogP contribution in [0.3, 0.4) is 0 Å². The quantitative estimate of drug-likeness (QED) is 0.0578. The minimum atomic E-state index is -2.77. The second kappa shape index (κ2) is 17.3. The summed E-state index contributed by atoms with van der Waals surface area (Å²) in [6.45, 7) is 0. The molecule has 0 saturated heterocycles. The number of nitrogens with zero attached hydrogens (tertiary/aromatic N) is 4. The number of benzene rings is 4. The van der Waals surface area contributed by atoms with Crippen molar-refractivity contribution in [3.05, 3.63) is 131 Å². The summed E-state index contributed by atoms with van der Waals surface area (Å²) >= 11 is 12.9. The van der Waals surface area contributed by atoms with E-state index in [0.29, 0.717) is 33.9 Å². The third kappa shape index (κ3) is 9.46. The molecule has 4 aromatic carbocycles. The van der Waals surface area contributed by atoms with Crippen molar-refractivity contribution in [2.45, 2.75) is 0 Å². The fourth-order valence-electron chi connectivity index (χ4n) is 4.72. The first-order chi connectivity index (χ1) is 26.2. The Morgan fingerprint density at radius 2 is 0.963 bits per heavy atom. The Morgan fingerprint density at radius 1 is 0.574 bits per heavy atom. The topological polar surface area (TPSA) is 193 Å². The van der Waals surface area contributed by atoms with Crippen molar-refractivity contribution in [3.63, 3.8) is 0 Å². The second-order valence-corrected chi connectivity index (χ2v) is 12.6. The van der Waals surface area contributed by atoms with Crippen LogP contribution in [0.4, 0.5) is 46.3 Å². The van der Waals surface area contributed by atoms with Crippen molar-refractivity contribution >= 4 is 89.6 Å². The predicted molar refractivity (Wildman–Crippen MR) is 209 cm³/mol. The first-order valence-electron chi connectivity index (χ1n) is 16.0. The van der Waals surface area contributed by atoms with E-state index in [2.05, 4.69) is 51.8 Å². The van der Waals surface area contributed by atoms with Crippen LogP contribution in [0, 0.1) is 0 Å². The van der Waals surface area contributed by atoms with E-state index in [9.17, 15) is 14.2 Å². The highest BCUT2D eigenvalue weighted by atomic mass is 35.5. The van der Waals surface area contributed by atoms with Crippen molar-refractivity contribution in [3.8, 4) is 11.5 Å². The molecule has 0 unspecified atom stereocenters. The third-order valence-electron chi connectivity index (χ3n) is 7.37. The van der Waals surface area contributed by atoms with Crippen molar-refractivity contribution in [2.75, 3.05) is 35.4 Å². The van der Waals surface area contributed by atoms with E-state index >= 15 is 0 Å². The number of anilines is 8. The first-order valence-corrected chi connectivity index (χ1v) is 17.8. The van der Waals surface area contributed by atoms with Crippen molar-refractivity contribution < 1.29 is 23.2 Å². The molecule has 54 heavy (non-hydrogen) atoms. The molecule has 0 radical (unpaired) electrons. The number of nitrogens with one attached hydrogen (secondary N) is 6. The Bertz CT molecular complexity index is 2160. The molecular weight excluding hydrogens is 754 g/mol. The minimum absolute atomic E-state index is 0.191. The van der Waals surface area contributed by atoms with E-state index in [0.717, 1.165) is 0 Å². The number of hydrogen-bond donors (Lipinski definition) is 6. The number of carbonyl (C=O) groups excluding carboxylic acids is 2. The lowest BCUT2D eigenvalue weighted by molar-refractivity contribution is 0.0955. The van der Waals surface area contributed by atoms with Gasteiger partial charge >= 0.3 is 8.25 Å². The molecule has 6 rings (SSSR count). The standard InChI is InChI=1S/C36H29Cl2N10O5P/c1-39-33(49)21-11-15-23(16-12-21)43-35-41-19-25(37)31(47-35)45-27-7-3-5-9-29(27)52-54(51)53-30-10-6-4-8-28(30)46-32-26(38)20-42-36(48-32)44-24-17-13-22(14-18-24)34(50)40-2/h3-20H,1-2H3,(H5-,39,40,41,42,43,44,45,46,47,48,49,50)/p+1. The SMILES string of the molecule is CNC(=O)c1ccc(Nc2ncc(Cl)c(Nc3ccccc3O[P+](=O)Oc3ccccc3Nc3nc(Nc4ccc(C(=O)NC)cc4)ncc3Cl)n2)cc1. The van der Waals surface area contributed by atoms with Crippen LogP contribution in [0.5, 0.6) is 11.5 Å². The molecule has 15 nitrogen and oxygen atoms in total. The number of carbonyl (C=O) groups is 2. The van der Waals surface area contributed by atoms with E-state index in [1.54, 1.807) is 111 Å². The van der Waals surface area contributed by atoms with E-state index in [-0.39, 0.29) is 56.9 Å². The summed E-state index contributed by atoms with van der Waals surface area (Å²) in [5.41, 5.74) is 3.09. The molecule has 0 bridgehead atoms. The zero-order valence-corrected chi connectivity index (χ0v) is 30.8. The Hall–Kier alpha value is -6.54. The van der Waals surface area contributed by atoms with Crippen LogP contribution in [0.25, 0.3) is 0 Å². The summed E-state index contributed by atoms with van der Waals surface area (Å²) in [6, 6.07) is 27.0. The molecule has 0 aliphatic rings. The minimum Gasteiger partial charge on any atom is -0.355 e. The van der Waals surface area contributed by atoms with Gasteiger partial charge in [-0.3, -0.25) is 9.59 Å². The number of amides is 2. The van der Waals surface area contributed by atoms with Crippen LogP contribution in [-0.2, 0) is 4.57 Å². The maximum Gasteiger partial charge on any atom is 0.805 e. The van der Waals surface area contributed by atoms with Crippen LogP contribution in [0.15, 0.2) is 109 Å². The number of hydrogen-bond acceptors (Lipinski definition) is 13. The summed E-state index contributed by atoms with van der Waals surface area (Å²) < 4.78 is 24.8. The summed E-state index contributed by atoms with van der Waals surface area (Å²) in [7, 11) is 0.350. The molecule has 18 heteroatoms. The van der Waals surface area contributed by atoms with Crippen LogP contribution in [0.1, 0.15) is 20.7 Å². The van der Waals surface area contributed by atoms with Gasteiger partial charge in [0.2, 0.25) is 23.4 Å². The van der Waals surface area contributed by atoms with Crippen LogP contribution < -0.4 is 40.9 Å². The first kappa shape index (κ1) is 37.2. The molecule has 0 atom stereocenters. The number of aromatic nitrogens is 4. The van der Waals surface area contributed by atoms with Gasteiger partial charge < -0.3 is 31.9 Å². The molecular formula is C36H30Cl2N10O5P+. The van der Waals surface area contributed by atoms with E-state index in [1.807, 2.05) is 0 Å². The number of halogens is 2. The fourth-order valence-corrected chi connectivity index (χ4v) is 5.67. The average molecular weight is 785 g/mol. The summed E-state index contributed by atoms with van der Waals surface area (Å²) in [6.07, 6.45) is 2.84. The van der Waals surface area contributed by atoms with Crippen LogP contribution in [-0.4, -0.2) is 45.8 Å². The van der Waals surface area contributed by atoms with E-state index in [4.69, 9.17) is 32.2 Å². The van der Waals surface area contributed by atoms with Crippen molar-refractivity contribution in [1.29, 1.82) is 0 Å². The molecule has 2 amide bonds. The molecule has 2 heterocycles. The van der Waals surface area contributed by atoms with Gasteiger partial charge in [-0.2, -0.15) is 9.97 Å². The molecule has 0 aliphatic heterocycles. The average Bonchev–Trinajstić information content (AvgIpc) is 3.19. The molecule has 6 N–H and O–H groups in total. The molecule has 0 fully saturated rings. The Kier molecular flexibility index (Phi) is 11.9. The molecule has 0 spiro atoms. The lowest BCUT2D eigenvalue weighted by Crippen LogP contribution is -2.17. The number of para-hydroxylation sites is 4. The molecule has 0 saturated carbocycles. The van der Waals surface area contributed by atoms with Gasteiger partial charge in [0.25, 0.3) is 11.8 Å². The van der Waals surface area contributed by atoms with Crippen molar-refractivity contribution in [2.24, 2.45) is 0 Å².